The molecule has 0 saturated carbocycles. The summed E-state index contributed by atoms with van der Waals surface area (Å²) in [5.41, 5.74) is 0. The van der Waals surface area contributed by atoms with Gasteiger partial charge >= 0.3 is 5.97 Å². The molecular formula is C2H3BrO5S. The second kappa shape index (κ2) is 2.63. The van der Waals surface area contributed by atoms with Gasteiger partial charge < -0.3 is 5.11 Å². The summed E-state index contributed by atoms with van der Waals surface area (Å²) in [6, 6.07) is 0. The number of hydrogen-bond donors (Lipinski definition) is 2. The van der Waals surface area contributed by atoms with Crippen LogP contribution in [0.15, 0.2) is 0 Å². The molecule has 5 nitrogen and oxygen atoms in total. The van der Waals surface area contributed by atoms with Gasteiger partial charge in [0.2, 0.25) is 4.16 Å². The van der Waals surface area contributed by atoms with Gasteiger partial charge in [-0.25, -0.2) is 4.79 Å². The van der Waals surface area contributed by atoms with E-state index < -0.39 is 20.2 Å². The Morgan fingerprint density at radius 1 is 1.56 bits per heavy atom. The lowest BCUT2D eigenvalue weighted by Crippen LogP contribution is -2.22. The molecule has 0 aromatic carbocycles. The highest BCUT2D eigenvalue weighted by molar-refractivity contribution is 9.11. The first-order chi connectivity index (χ1) is 3.85. The summed E-state index contributed by atoms with van der Waals surface area (Å²) in [6.45, 7) is 0. The van der Waals surface area contributed by atoms with Crippen LogP contribution >= 0.6 is 15.9 Å². The van der Waals surface area contributed by atoms with Gasteiger partial charge in [-0.2, -0.15) is 8.42 Å². The van der Waals surface area contributed by atoms with E-state index in [0.717, 1.165) is 0 Å². The predicted octanol–water partition coefficient (Wildman–Crippen LogP) is -0.320. The molecule has 0 aliphatic rings. The van der Waals surface area contributed by atoms with E-state index in [0.29, 0.717) is 0 Å². The van der Waals surface area contributed by atoms with Crippen LogP contribution in [0, 0.1) is 0 Å². The highest BCUT2D eigenvalue weighted by atomic mass is 79.9. The van der Waals surface area contributed by atoms with Crippen LogP contribution in [0.25, 0.3) is 0 Å². The average molecular weight is 219 g/mol. The number of carboxylic acids is 1. The minimum atomic E-state index is -4.48. The number of alkyl halides is 1. The Kier molecular flexibility index (Phi) is 2.59. The third kappa shape index (κ3) is 2.78. The molecule has 0 saturated heterocycles. The first-order valence-electron chi connectivity index (χ1n) is 1.69. The Balaban J connectivity index is 4.43. The standard InChI is InChI=1S/C2H3BrO5S/c3-1(2(4)5)9(6,7)8/h1H,(H,4,5)(H,6,7,8). The van der Waals surface area contributed by atoms with Gasteiger partial charge in [0.05, 0.1) is 0 Å². The number of rotatable bonds is 2. The Labute approximate surface area is 59.6 Å². The van der Waals surface area contributed by atoms with Crippen molar-refractivity contribution in [2.24, 2.45) is 0 Å². The molecule has 0 rings (SSSR count). The van der Waals surface area contributed by atoms with Crippen LogP contribution in [0.3, 0.4) is 0 Å². The van der Waals surface area contributed by atoms with Crippen LogP contribution in [0.2, 0.25) is 0 Å². The molecule has 0 bridgehead atoms. The zero-order valence-corrected chi connectivity index (χ0v) is 6.39. The Morgan fingerprint density at radius 2 is 1.89 bits per heavy atom. The van der Waals surface area contributed by atoms with Crippen molar-refractivity contribution in [2.75, 3.05) is 0 Å². The van der Waals surface area contributed by atoms with Crippen molar-refractivity contribution < 1.29 is 22.9 Å². The number of carbonyl (C=O) groups is 1. The maximum atomic E-state index is 9.90. The second-order valence-electron chi connectivity index (χ2n) is 1.17. The lowest BCUT2D eigenvalue weighted by Gasteiger charge is -1.96. The molecule has 0 fully saturated rings. The van der Waals surface area contributed by atoms with Crippen molar-refractivity contribution in [2.45, 2.75) is 4.16 Å². The molecular weight excluding hydrogens is 216 g/mol. The maximum absolute atomic E-state index is 9.90. The zero-order chi connectivity index (χ0) is 7.65. The molecule has 0 aliphatic carbocycles. The van der Waals surface area contributed by atoms with E-state index >= 15 is 0 Å². The Bertz CT molecular complexity index is 205. The fourth-order valence-corrected chi connectivity index (χ4v) is 0.382. The minimum absolute atomic E-state index is 1.64. The molecule has 0 aromatic rings. The van der Waals surface area contributed by atoms with Crippen molar-refractivity contribution in [1.82, 2.24) is 0 Å². The normalized spacial score (nSPS) is 14.9. The summed E-state index contributed by atoms with van der Waals surface area (Å²) in [5.74, 6) is -1.64. The van der Waals surface area contributed by atoms with Gasteiger partial charge in [0.1, 0.15) is 0 Å². The average Bonchev–Trinajstić information content (AvgIpc) is 1.62. The van der Waals surface area contributed by atoms with Crippen molar-refractivity contribution in [3.63, 3.8) is 0 Å². The lowest BCUT2D eigenvalue weighted by molar-refractivity contribution is -0.134. The van der Waals surface area contributed by atoms with Gasteiger partial charge in [-0.3, -0.25) is 4.55 Å². The summed E-state index contributed by atoms with van der Waals surface area (Å²) in [4.78, 5) is 9.76. The maximum Gasteiger partial charge on any atom is 0.335 e. The van der Waals surface area contributed by atoms with Crippen molar-refractivity contribution in [3.05, 3.63) is 0 Å². The fraction of sp³-hybridized carbons (Fsp3) is 0.500. The van der Waals surface area contributed by atoms with Crippen LogP contribution < -0.4 is 0 Å². The molecule has 7 heteroatoms. The zero-order valence-electron chi connectivity index (χ0n) is 3.98. The van der Waals surface area contributed by atoms with Crippen LogP contribution in [-0.4, -0.2) is 28.2 Å². The van der Waals surface area contributed by atoms with Gasteiger partial charge in [-0.15, -0.1) is 0 Å². The van der Waals surface area contributed by atoms with Gasteiger partial charge in [0.15, 0.2) is 0 Å². The van der Waals surface area contributed by atoms with E-state index in [9.17, 15) is 13.2 Å². The molecule has 0 aliphatic heterocycles. The molecule has 0 heterocycles. The van der Waals surface area contributed by atoms with Crippen LogP contribution in [-0.2, 0) is 14.9 Å². The first kappa shape index (κ1) is 8.86. The van der Waals surface area contributed by atoms with Crippen molar-refractivity contribution in [3.8, 4) is 0 Å². The summed E-state index contributed by atoms with van der Waals surface area (Å²) < 4.78 is 25.9. The Hall–Kier alpha value is -0.140. The number of halogens is 1. The SMILES string of the molecule is O=C(O)C(Br)S(=O)(=O)O. The molecule has 2 N–H and O–H groups in total. The molecule has 1 unspecified atom stereocenters. The third-order valence-electron chi connectivity index (χ3n) is 0.456. The van der Waals surface area contributed by atoms with Gasteiger partial charge in [-0.05, 0) is 0 Å². The highest BCUT2D eigenvalue weighted by Gasteiger charge is 2.26. The monoisotopic (exact) mass is 218 g/mol. The molecule has 0 radical (unpaired) electrons. The van der Waals surface area contributed by atoms with E-state index in [-0.39, 0.29) is 0 Å². The lowest BCUT2D eigenvalue weighted by atomic mass is 10.8. The van der Waals surface area contributed by atoms with Crippen LogP contribution in [0.1, 0.15) is 0 Å². The number of aliphatic carboxylic acids is 1. The Morgan fingerprint density at radius 3 is 1.89 bits per heavy atom. The minimum Gasteiger partial charge on any atom is -0.480 e. The second-order valence-corrected chi connectivity index (χ2v) is 4.19. The third-order valence-corrected chi connectivity index (χ3v) is 2.99. The van der Waals surface area contributed by atoms with E-state index in [4.69, 9.17) is 9.66 Å². The number of hydrogen-bond acceptors (Lipinski definition) is 3. The quantitative estimate of drug-likeness (QED) is 0.490. The number of carboxylic acid groups (broad SMARTS) is 1. The highest BCUT2D eigenvalue weighted by Crippen LogP contribution is 2.05. The summed E-state index contributed by atoms with van der Waals surface area (Å²) >= 11 is 2.23. The molecule has 9 heavy (non-hydrogen) atoms. The van der Waals surface area contributed by atoms with Gasteiger partial charge in [-0.1, -0.05) is 15.9 Å². The summed E-state index contributed by atoms with van der Waals surface area (Å²) in [6.07, 6.45) is 0. The van der Waals surface area contributed by atoms with E-state index in [1.54, 1.807) is 0 Å². The fourth-order valence-electron chi connectivity index (χ4n) is 0.127. The van der Waals surface area contributed by atoms with E-state index in [1.807, 2.05) is 0 Å². The summed E-state index contributed by atoms with van der Waals surface area (Å²) in [5, 5.41) is 7.93. The predicted molar refractivity (Wildman–Crippen MR) is 31.9 cm³/mol. The smallest absolute Gasteiger partial charge is 0.335 e. The van der Waals surface area contributed by atoms with E-state index in [1.165, 1.54) is 0 Å². The van der Waals surface area contributed by atoms with Crippen LogP contribution in [0.4, 0.5) is 0 Å². The first-order valence-corrected chi connectivity index (χ1v) is 4.11. The summed E-state index contributed by atoms with van der Waals surface area (Å²) in [7, 11) is -4.48. The molecule has 54 valence electrons. The van der Waals surface area contributed by atoms with E-state index in [2.05, 4.69) is 15.9 Å². The molecule has 0 aromatic heterocycles. The topological polar surface area (TPSA) is 91.7 Å². The molecule has 0 spiro atoms. The largest absolute Gasteiger partial charge is 0.480 e. The van der Waals surface area contributed by atoms with Gasteiger partial charge in [0.25, 0.3) is 10.1 Å². The molecule has 0 amide bonds. The van der Waals surface area contributed by atoms with Crippen molar-refractivity contribution in [1.29, 1.82) is 0 Å². The van der Waals surface area contributed by atoms with Crippen LogP contribution in [0.5, 0.6) is 0 Å². The molecule has 1 atom stereocenters. The van der Waals surface area contributed by atoms with Crippen molar-refractivity contribution >= 4 is 32.0 Å². The van der Waals surface area contributed by atoms with Gasteiger partial charge in [0, 0.05) is 0 Å².